The number of carbonyl (C=O) groups is 1. The molecule has 2 aromatic rings. The lowest BCUT2D eigenvalue weighted by Crippen LogP contribution is -2.22. The van der Waals surface area contributed by atoms with E-state index in [1.165, 1.54) is 13.3 Å². The first-order chi connectivity index (χ1) is 9.69. The van der Waals surface area contributed by atoms with E-state index in [4.69, 9.17) is 16.0 Å². The van der Waals surface area contributed by atoms with Crippen LogP contribution in [-0.2, 0) is 9.53 Å². The van der Waals surface area contributed by atoms with E-state index in [0.29, 0.717) is 16.5 Å². The van der Waals surface area contributed by atoms with Gasteiger partial charge in [-0.15, -0.1) is 0 Å². The molecule has 5 nitrogen and oxygen atoms in total. The third kappa shape index (κ3) is 3.94. The molecule has 1 heterocycles. The number of ether oxygens (including phenoxy) is 1. The predicted octanol–water partition coefficient (Wildman–Crippen LogP) is 2.70. The Morgan fingerprint density at radius 2 is 2.10 bits per heavy atom. The fraction of sp³-hybridized carbons (Fsp3) is 0.143. The number of halogens is 1. The van der Waals surface area contributed by atoms with Crippen LogP contribution in [-0.4, -0.2) is 25.8 Å². The smallest absolute Gasteiger partial charge is 0.266 e. The van der Waals surface area contributed by atoms with E-state index in [1.807, 2.05) is 18.2 Å². The number of hydrogen-bond acceptors (Lipinski definition) is 4. The summed E-state index contributed by atoms with van der Waals surface area (Å²) in [5.41, 5.74) is 3.23. The number of furan rings is 1. The Bertz CT molecular complexity index is 605. The summed E-state index contributed by atoms with van der Waals surface area (Å²) in [6, 6.07) is 10.9. The zero-order chi connectivity index (χ0) is 14.4. The van der Waals surface area contributed by atoms with Crippen LogP contribution in [0, 0.1) is 0 Å². The van der Waals surface area contributed by atoms with Crippen LogP contribution < -0.4 is 5.43 Å². The van der Waals surface area contributed by atoms with Gasteiger partial charge >= 0.3 is 0 Å². The van der Waals surface area contributed by atoms with Crippen molar-refractivity contribution in [3.05, 3.63) is 47.2 Å². The second kappa shape index (κ2) is 6.88. The number of hydrogen-bond donors (Lipinski definition) is 1. The molecule has 6 heteroatoms. The normalized spacial score (nSPS) is 10.9. The molecule has 1 aromatic carbocycles. The van der Waals surface area contributed by atoms with Gasteiger partial charge in [-0.25, -0.2) is 5.43 Å². The maximum absolute atomic E-state index is 11.1. The Balaban J connectivity index is 2.00. The largest absolute Gasteiger partial charge is 0.455 e. The second-order valence-corrected chi connectivity index (χ2v) is 4.37. The minimum Gasteiger partial charge on any atom is -0.455 e. The van der Waals surface area contributed by atoms with Gasteiger partial charge in [0.25, 0.3) is 5.91 Å². The SMILES string of the molecule is COCC(=O)N/N=C\c1ccc(-c2ccc(Cl)cc2)o1. The average molecular weight is 293 g/mol. The van der Waals surface area contributed by atoms with Crippen molar-refractivity contribution in [1.29, 1.82) is 0 Å². The molecule has 0 aliphatic rings. The molecule has 1 aromatic heterocycles. The molecule has 0 radical (unpaired) electrons. The van der Waals surface area contributed by atoms with Gasteiger partial charge in [-0.3, -0.25) is 4.79 Å². The lowest BCUT2D eigenvalue weighted by Gasteiger charge is -1.97. The Morgan fingerprint density at radius 1 is 1.35 bits per heavy atom. The lowest BCUT2D eigenvalue weighted by molar-refractivity contribution is -0.124. The van der Waals surface area contributed by atoms with E-state index < -0.39 is 0 Å². The number of methoxy groups -OCH3 is 1. The van der Waals surface area contributed by atoms with Gasteiger partial charge in [-0.05, 0) is 36.4 Å². The summed E-state index contributed by atoms with van der Waals surface area (Å²) in [4.78, 5) is 11.1. The standard InChI is InChI=1S/C14H13ClN2O3/c1-19-9-14(18)17-16-8-12-6-7-13(20-12)10-2-4-11(15)5-3-10/h2-8H,9H2,1H3,(H,17,18)/b16-8-. The third-order valence-corrected chi connectivity index (χ3v) is 2.66. The van der Waals surface area contributed by atoms with E-state index in [9.17, 15) is 4.79 Å². The highest BCUT2D eigenvalue weighted by Crippen LogP contribution is 2.23. The summed E-state index contributed by atoms with van der Waals surface area (Å²) >= 11 is 5.83. The Kier molecular flexibility index (Phi) is 4.92. The third-order valence-electron chi connectivity index (χ3n) is 2.41. The van der Waals surface area contributed by atoms with Gasteiger partial charge in [-0.1, -0.05) is 11.6 Å². The maximum Gasteiger partial charge on any atom is 0.266 e. The summed E-state index contributed by atoms with van der Waals surface area (Å²) in [6.45, 7) is -0.0362. The van der Waals surface area contributed by atoms with Crippen LogP contribution in [0.2, 0.25) is 5.02 Å². The van der Waals surface area contributed by atoms with Crippen LogP contribution in [0.4, 0.5) is 0 Å². The van der Waals surface area contributed by atoms with E-state index in [2.05, 4.69) is 15.3 Å². The van der Waals surface area contributed by atoms with Gasteiger partial charge in [0, 0.05) is 17.7 Å². The van der Waals surface area contributed by atoms with Gasteiger partial charge in [-0.2, -0.15) is 5.10 Å². The van der Waals surface area contributed by atoms with E-state index in [-0.39, 0.29) is 12.5 Å². The van der Waals surface area contributed by atoms with Crippen LogP contribution in [0.1, 0.15) is 5.76 Å². The van der Waals surface area contributed by atoms with E-state index in [1.54, 1.807) is 18.2 Å². The fourth-order valence-corrected chi connectivity index (χ4v) is 1.65. The summed E-state index contributed by atoms with van der Waals surface area (Å²) in [6.07, 6.45) is 1.42. The van der Waals surface area contributed by atoms with Gasteiger partial charge in [0.05, 0.1) is 6.21 Å². The molecule has 0 bridgehead atoms. The highest BCUT2D eigenvalue weighted by atomic mass is 35.5. The van der Waals surface area contributed by atoms with Crippen molar-refractivity contribution < 1.29 is 13.9 Å². The van der Waals surface area contributed by atoms with Gasteiger partial charge in [0.2, 0.25) is 0 Å². The molecule has 0 spiro atoms. The minimum atomic E-state index is -0.326. The molecule has 104 valence electrons. The van der Waals surface area contributed by atoms with Crippen molar-refractivity contribution in [3.63, 3.8) is 0 Å². The predicted molar refractivity (Wildman–Crippen MR) is 76.8 cm³/mol. The Labute approximate surface area is 121 Å². The molecule has 2 rings (SSSR count). The van der Waals surface area contributed by atoms with Crippen LogP contribution in [0.15, 0.2) is 45.9 Å². The van der Waals surface area contributed by atoms with Crippen molar-refractivity contribution in [3.8, 4) is 11.3 Å². The number of amides is 1. The number of benzene rings is 1. The minimum absolute atomic E-state index is 0.0362. The van der Waals surface area contributed by atoms with Gasteiger partial charge in [0.1, 0.15) is 18.1 Å². The highest BCUT2D eigenvalue weighted by molar-refractivity contribution is 6.30. The van der Waals surface area contributed by atoms with Crippen LogP contribution >= 0.6 is 11.6 Å². The summed E-state index contributed by atoms with van der Waals surface area (Å²) in [7, 11) is 1.44. The first kappa shape index (κ1) is 14.3. The molecule has 1 N–H and O–H groups in total. The summed E-state index contributed by atoms with van der Waals surface area (Å²) < 4.78 is 10.2. The molecule has 0 saturated carbocycles. The van der Waals surface area contributed by atoms with E-state index >= 15 is 0 Å². The molecule has 0 unspecified atom stereocenters. The average Bonchev–Trinajstić information content (AvgIpc) is 2.89. The first-order valence-corrected chi connectivity index (χ1v) is 6.23. The van der Waals surface area contributed by atoms with Gasteiger partial charge < -0.3 is 9.15 Å². The molecule has 1 amide bonds. The van der Waals surface area contributed by atoms with Crippen molar-refractivity contribution in [2.24, 2.45) is 5.10 Å². The first-order valence-electron chi connectivity index (χ1n) is 5.85. The van der Waals surface area contributed by atoms with Crippen LogP contribution in [0.5, 0.6) is 0 Å². The number of nitrogens with zero attached hydrogens (tertiary/aromatic N) is 1. The molecule has 0 aliphatic carbocycles. The zero-order valence-corrected chi connectivity index (χ0v) is 11.6. The van der Waals surface area contributed by atoms with Crippen LogP contribution in [0.3, 0.4) is 0 Å². The molecule has 0 aliphatic heterocycles. The lowest BCUT2D eigenvalue weighted by atomic mass is 10.2. The Morgan fingerprint density at radius 3 is 2.80 bits per heavy atom. The molecular formula is C14H13ClN2O3. The summed E-state index contributed by atoms with van der Waals surface area (Å²) in [5, 5.41) is 4.43. The van der Waals surface area contributed by atoms with Crippen molar-refractivity contribution >= 4 is 23.7 Å². The van der Waals surface area contributed by atoms with Crippen molar-refractivity contribution in [1.82, 2.24) is 5.43 Å². The monoisotopic (exact) mass is 292 g/mol. The molecular weight excluding hydrogens is 280 g/mol. The fourth-order valence-electron chi connectivity index (χ4n) is 1.52. The van der Waals surface area contributed by atoms with Crippen molar-refractivity contribution in [2.45, 2.75) is 0 Å². The number of nitrogens with one attached hydrogen (secondary N) is 1. The second-order valence-electron chi connectivity index (χ2n) is 3.94. The maximum atomic E-state index is 11.1. The topological polar surface area (TPSA) is 63.8 Å². The molecule has 0 atom stereocenters. The zero-order valence-electron chi connectivity index (χ0n) is 10.8. The van der Waals surface area contributed by atoms with E-state index in [0.717, 1.165) is 5.56 Å². The highest BCUT2D eigenvalue weighted by Gasteiger charge is 2.03. The number of hydrazone groups is 1. The number of rotatable bonds is 5. The quantitative estimate of drug-likeness (QED) is 0.681. The number of carbonyl (C=O) groups excluding carboxylic acids is 1. The Hall–Kier alpha value is -2.11. The molecule has 0 fully saturated rings. The summed E-state index contributed by atoms with van der Waals surface area (Å²) in [5.74, 6) is 0.909. The van der Waals surface area contributed by atoms with Crippen molar-refractivity contribution in [2.75, 3.05) is 13.7 Å². The van der Waals surface area contributed by atoms with Gasteiger partial charge in [0.15, 0.2) is 0 Å². The molecule has 0 saturated heterocycles. The van der Waals surface area contributed by atoms with Crippen LogP contribution in [0.25, 0.3) is 11.3 Å². The molecule has 20 heavy (non-hydrogen) atoms.